The van der Waals surface area contributed by atoms with Gasteiger partial charge in [0.2, 0.25) is 0 Å². The molecule has 0 heterocycles. The van der Waals surface area contributed by atoms with Gasteiger partial charge in [0.25, 0.3) is 11.8 Å². The third kappa shape index (κ3) is 8.91. The lowest BCUT2D eigenvalue weighted by Crippen LogP contribution is -2.30. The Morgan fingerprint density at radius 3 is 1.39 bits per heavy atom. The molecular weight excluding hydrogens is 402 g/mol. The molecule has 8 nitrogen and oxygen atoms in total. The molecule has 1 aromatic rings. The average Bonchev–Trinajstić information content (AvgIpc) is 2.73. The highest BCUT2D eigenvalue weighted by atomic mass is 31.1. The molecule has 1 aromatic carbocycles. The van der Waals surface area contributed by atoms with E-state index in [4.69, 9.17) is 20.4 Å². The van der Waals surface area contributed by atoms with E-state index in [0.29, 0.717) is 49.4 Å². The van der Waals surface area contributed by atoms with Crippen LogP contribution >= 0.6 is 15.8 Å². The number of carbonyl (C=O) groups excluding carboxylic acids is 2. The molecule has 28 heavy (non-hydrogen) atoms. The van der Waals surface area contributed by atoms with Crippen LogP contribution in [-0.4, -0.2) is 83.0 Å². The number of carbonyl (C=O) groups is 2. The lowest BCUT2D eigenvalue weighted by atomic mass is 10.1. The normalized spacial score (nSPS) is 11.1. The van der Waals surface area contributed by atoms with Gasteiger partial charge in [0.15, 0.2) is 0 Å². The molecular formula is C18H30N2O6P2. The zero-order valence-electron chi connectivity index (χ0n) is 15.9. The molecule has 0 saturated carbocycles. The fourth-order valence-corrected chi connectivity index (χ4v) is 4.41. The molecule has 0 atom stereocenters. The average molecular weight is 432 g/mol. The zero-order chi connectivity index (χ0) is 20.8. The van der Waals surface area contributed by atoms with Crippen molar-refractivity contribution >= 4 is 27.7 Å². The van der Waals surface area contributed by atoms with Crippen LogP contribution in [0.5, 0.6) is 0 Å². The number of aliphatic hydroxyl groups is 4. The first-order valence-electron chi connectivity index (χ1n) is 9.10. The Hall–Kier alpha value is -1.14. The highest BCUT2D eigenvalue weighted by Crippen LogP contribution is 2.33. The van der Waals surface area contributed by atoms with Crippen LogP contribution in [0.3, 0.4) is 0 Å². The van der Waals surface area contributed by atoms with Crippen molar-refractivity contribution < 1.29 is 30.0 Å². The number of rotatable bonds is 14. The molecule has 0 aliphatic carbocycles. The van der Waals surface area contributed by atoms with E-state index < -0.39 is 15.8 Å². The Morgan fingerprint density at radius 1 is 0.714 bits per heavy atom. The monoisotopic (exact) mass is 432 g/mol. The number of amides is 2. The maximum atomic E-state index is 12.4. The van der Waals surface area contributed by atoms with Gasteiger partial charge in [-0.05, 0) is 37.3 Å². The molecule has 0 saturated heterocycles. The van der Waals surface area contributed by atoms with Gasteiger partial charge in [-0.3, -0.25) is 9.59 Å². The topological polar surface area (TPSA) is 139 Å². The van der Waals surface area contributed by atoms with Crippen LogP contribution in [0.25, 0.3) is 0 Å². The van der Waals surface area contributed by atoms with Crippen molar-refractivity contribution in [2.45, 2.75) is 12.8 Å². The van der Waals surface area contributed by atoms with Gasteiger partial charge in [-0.1, -0.05) is 28.0 Å². The Morgan fingerprint density at radius 2 is 1.07 bits per heavy atom. The third-order valence-corrected chi connectivity index (χ3v) is 7.59. The first-order valence-corrected chi connectivity index (χ1v) is 12.9. The maximum absolute atomic E-state index is 12.4. The smallest absolute Gasteiger partial charge is 0.252 e. The summed E-state index contributed by atoms with van der Waals surface area (Å²) in [7, 11) is -1.62. The van der Waals surface area contributed by atoms with E-state index in [0.717, 1.165) is 0 Å². The van der Waals surface area contributed by atoms with E-state index in [9.17, 15) is 9.59 Å². The molecule has 0 fully saturated rings. The van der Waals surface area contributed by atoms with Crippen molar-refractivity contribution in [2.75, 3.05) is 50.8 Å². The van der Waals surface area contributed by atoms with Crippen LogP contribution in [0.1, 0.15) is 33.6 Å². The first-order chi connectivity index (χ1) is 13.6. The molecule has 2 amide bonds. The molecule has 0 aliphatic rings. The Bertz CT molecular complexity index is 546. The van der Waals surface area contributed by atoms with E-state index in [1.165, 1.54) is 0 Å². The second kappa shape index (κ2) is 14.8. The summed E-state index contributed by atoms with van der Waals surface area (Å²) in [5.41, 5.74) is 0.582. The van der Waals surface area contributed by atoms with Gasteiger partial charge in [-0.15, -0.1) is 0 Å². The summed E-state index contributed by atoms with van der Waals surface area (Å²) < 4.78 is 0. The van der Waals surface area contributed by atoms with Crippen molar-refractivity contribution in [2.24, 2.45) is 0 Å². The summed E-state index contributed by atoms with van der Waals surface area (Å²) in [6.07, 6.45) is 2.51. The summed E-state index contributed by atoms with van der Waals surface area (Å²) >= 11 is 0. The summed E-state index contributed by atoms with van der Waals surface area (Å²) in [4.78, 5) is 24.8. The van der Waals surface area contributed by atoms with E-state index >= 15 is 0 Å². The molecule has 6 N–H and O–H groups in total. The minimum Gasteiger partial charge on any atom is -0.392 e. The van der Waals surface area contributed by atoms with Crippen molar-refractivity contribution in [3.63, 3.8) is 0 Å². The van der Waals surface area contributed by atoms with Crippen molar-refractivity contribution in [3.05, 3.63) is 35.4 Å². The minimum atomic E-state index is -0.808. The number of aliphatic hydroxyl groups excluding tert-OH is 4. The fourth-order valence-electron chi connectivity index (χ4n) is 2.45. The molecule has 0 aromatic heterocycles. The van der Waals surface area contributed by atoms with Crippen LogP contribution in [-0.2, 0) is 0 Å². The van der Waals surface area contributed by atoms with E-state index in [1.54, 1.807) is 24.3 Å². The molecule has 158 valence electrons. The molecule has 0 bridgehead atoms. The van der Waals surface area contributed by atoms with Gasteiger partial charge >= 0.3 is 0 Å². The van der Waals surface area contributed by atoms with Crippen LogP contribution in [0.15, 0.2) is 24.3 Å². The lowest BCUT2D eigenvalue weighted by Gasteiger charge is -2.13. The highest BCUT2D eigenvalue weighted by Gasteiger charge is 2.16. The van der Waals surface area contributed by atoms with Gasteiger partial charge in [0, 0.05) is 13.1 Å². The van der Waals surface area contributed by atoms with Gasteiger partial charge in [-0.25, -0.2) is 0 Å². The van der Waals surface area contributed by atoms with E-state index in [1.807, 2.05) is 0 Å². The van der Waals surface area contributed by atoms with Crippen molar-refractivity contribution in [3.8, 4) is 0 Å². The van der Waals surface area contributed by atoms with Crippen LogP contribution in [0, 0.1) is 0 Å². The number of hydrogen-bond donors (Lipinski definition) is 6. The number of nitrogens with one attached hydrogen (secondary N) is 2. The molecule has 0 unspecified atom stereocenters. The summed E-state index contributed by atoms with van der Waals surface area (Å²) in [6.45, 7) is 0.805. The SMILES string of the molecule is O=C(NCCCP(CO)CO)c1ccccc1C(=O)NCCCP(CO)CO. The predicted octanol–water partition coefficient (Wildman–Crippen LogP) is 0.689. The summed E-state index contributed by atoms with van der Waals surface area (Å²) in [5, 5.41) is 41.8. The van der Waals surface area contributed by atoms with E-state index in [-0.39, 0.29) is 37.2 Å². The number of hydrogen-bond acceptors (Lipinski definition) is 6. The van der Waals surface area contributed by atoms with Gasteiger partial charge in [-0.2, -0.15) is 0 Å². The molecule has 0 aliphatic heterocycles. The largest absolute Gasteiger partial charge is 0.392 e. The standard InChI is InChI=1S/C18H30N2O6P2/c21-11-27(12-22)9-3-7-19-17(25)15-5-1-2-6-16(15)18(26)20-8-4-10-28(13-23)14-24/h1-2,5-6,21-24H,3-4,7-14H2,(H,19,25)(H,20,26). The first kappa shape index (κ1) is 24.9. The minimum absolute atomic E-state index is 0.0265. The van der Waals surface area contributed by atoms with Gasteiger partial charge in [0.05, 0.1) is 36.5 Å². The summed E-state index contributed by atoms with van der Waals surface area (Å²) in [6, 6.07) is 6.57. The highest BCUT2D eigenvalue weighted by molar-refractivity contribution is 7.57. The second-order valence-corrected chi connectivity index (χ2v) is 10.8. The van der Waals surface area contributed by atoms with Crippen LogP contribution < -0.4 is 10.6 Å². The molecule has 0 spiro atoms. The fraction of sp³-hybridized carbons (Fsp3) is 0.556. The zero-order valence-corrected chi connectivity index (χ0v) is 17.7. The Kier molecular flexibility index (Phi) is 13.2. The quantitative estimate of drug-likeness (QED) is 0.189. The van der Waals surface area contributed by atoms with Crippen LogP contribution in [0.2, 0.25) is 0 Å². The third-order valence-electron chi connectivity index (χ3n) is 4.09. The maximum Gasteiger partial charge on any atom is 0.252 e. The summed E-state index contributed by atoms with van der Waals surface area (Å²) in [5.74, 6) is -0.681. The van der Waals surface area contributed by atoms with E-state index in [2.05, 4.69) is 10.6 Å². The predicted molar refractivity (Wildman–Crippen MR) is 112 cm³/mol. The van der Waals surface area contributed by atoms with Crippen molar-refractivity contribution in [1.29, 1.82) is 0 Å². The molecule has 10 heteroatoms. The Balaban J connectivity index is 2.51. The van der Waals surface area contributed by atoms with Gasteiger partial charge in [0.1, 0.15) is 0 Å². The van der Waals surface area contributed by atoms with Gasteiger partial charge < -0.3 is 31.1 Å². The molecule has 0 radical (unpaired) electrons. The second-order valence-electron chi connectivity index (χ2n) is 6.12. The lowest BCUT2D eigenvalue weighted by molar-refractivity contribution is 0.0919. The van der Waals surface area contributed by atoms with Crippen molar-refractivity contribution in [1.82, 2.24) is 10.6 Å². The number of benzene rings is 1. The van der Waals surface area contributed by atoms with Crippen LogP contribution in [0.4, 0.5) is 0 Å². The molecule has 1 rings (SSSR count). The Labute approximate surface area is 167 Å².